The fraction of sp³-hybridized carbons (Fsp3) is 0.333. The molecule has 4 nitrogen and oxygen atoms in total. The van der Waals surface area contributed by atoms with E-state index in [0.717, 1.165) is 0 Å². The zero-order chi connectivity index (χ0) is 13.0. The number of nitrogens with one attached hydrogen (secondary N) is 1. The van der Waals surface area contributed by atoms with Gasteiger partial charge in [0.25, 0.3) is 5.91 Å². The second kappa shape index (κ2) is 5.68. The van der Waals surface area contributed by atoms with Crippen molar-refractivity contribution < 1.29 is 9.59 Å². The minimum absolute atomic E-state index is 0.156. The van der Waals surface area contributed by atoms with Crippen LogP contribution in [0.5, 0.6) is 0 Å². The molecule has 92 valence electrons. The number of carbonyl (C=O) groups is 2. The highest BCUT2D eigenvalue weighted by molar-refractivity contribution is 6.34. The van der Waals surface area contributed by atoms with Crippen molar-refractivity contribution in [1.82, 2.24) is 5.32 Å². The molecular weight excluding hydrogens is 240 g/mol. The van der Waals surface area contributed by atoms with Gasteiger partial charge in [0.05, 0.1) is 10.6 Å². The largest absolute Gasteiger partial charge is 0.366 e. The summed E-state index contributed by atoms with van der Waals surface area (Å²) in [5, 5.41) is 3.00. The monoisotopic (exact) mass is 254 g/mol. The Balaban J connectivity index is 2.88. The lowest BCUT2D eigenvalue weighted by molar-refractivity contribution is 0.0949. The van der Waals surface area contributed by atoms with Gasteiger partial charge in [-0.2, -0.15) is 0 Å². The van der Waals surface area contributed by atoms with Crippen LogP contribution < -0.4 is 11.1 Å². The van der Waals surface area contributed by atoms with Crippen LogP contribution in [0.1, 0.15) is 34.6 Å². The van der Waals surface area contributed by atoms with E-state index in [1.165, 1.54) is 12.1 Å². The van der Waals surface area contributed by atoms with Crippen LogP contribution in [0.2, 0.25) is 5.02 Å². The average molecular weight is 255 g/mol. The number of rotatable bonds is 4. The molecule has 0 aliphatic heterocycles. The van der Waals surface area contributed by atoms with Gasteiger partial charge in [0, 0.05) is 12.1 Å². The highest BCUT2D eigenvalue weighted by atomic mass is 35.5. The number of hydrogen-bond donors (Lipinski definition) is 2. The fourth-order valence-electron chi connectivity index (χ4n) is 1.25. The Morgan fingerprint density at radius 1 is 1.41 bits per heavy atom. The van der Waals surface area contributed by atoms with Crippen LogP contribution in [0.3, 0.4) is 0 Å². The van der Waals surface area contributed by atoms with E-state index in [4.69, 9.17) is 17.3 Å². The molecule has 0 radical (unpaired) electrons. The molecule has 0 aliphatic carbocycles. The molecule has 0 unspecified atom stereocenters. The van der Waals surface area contributed by atoms with Gasteiger partial charge in [0.15, 0.2) is 0 Å². The number of halogens is 1. The summed E-state index contributed by atoms with van der Waals surface area (Å²) in [6.07, 6.45) is 0. The van der Waals surface area contributed by atoms with Crippen LogP contribution >= 0.6 is 11.6 Å². The second-order valence-corrected chi connectivity index (χ2v) is 4.57. The van der Waals surface area contributed by atoms with E-state index in [1.54, 1.807) is 6.07 Å². The number of amides is 2. The molecule has 1 aromatic rings. The summed E-state index contributed by atoms with van der Waals surface area (Å²) in [4.78, 5) is 22.8. The molecule has 0 heterocycles. The van der Waals surface area contributed by atoms with E-state index >= 15 is 0 Å². The maximum atomic E-state index is 11.7. The summed E-state index contributed by atoms with van der Waals surface area (Å²) in [5.41, 5.74) is 5.69. The molecule has 5 heteroatoms. The summed E-state index contributed by atoms with van der Waals surface area (Å²) < 4.78 is 0. The van der Waals surface area contributed by atoms with Gasteiger partial charge in [-0.25, -0.2) is 0 Å². The molecule has 0 bridgehead atoms. The number of carbonyl (C=O) groups excluding carboxylic acids is 2. The molecule has 0 saturated heterocycles. The zero-order valence-electron chi connectivity index (χ0n) is 9.79. The van der Waals surface area contributed by atoms with Gasteiger partial charge in [0.1, 0.15) is 0 Å². The Labute approximate surface area is 105 Å². The molecule has 0 atom stereocenters. The predicted octanol–water partition coefficient (Wildman–Crippen LogP) is 1.82. The first-order valence-corrected chi connectivity index (χ1v) is 5.67. The van der Waals surface area contributed by atoms with E-state index in [-0.39, 0.29) is 16.5 Å². The average Bonchev–Trinajstić information content (AvgIpc) is 2.26. The lowest BCUT2D eigenvalue weighted by atomic mass is 10.1. The van der Waals surface area contributed by atoms with E-state index in [0.29, 0.717) is 18.0 Å². The van der Waals surface area contributed by atoms with Gasteiger partial charge in [-0.05, 0) is 24.1 Å². The Morgan fingerprint density at radius 3 is 2.59 bits per heavy atom. The summed E-state index contributed by atoms with van der Waals surface area (Å²) >= 11 is 5.79. The van der Waals surface area contributed by atoms with E-state index in [1.807, 2.05) is 13.8 Å². The Kier molecular flexibility index (Phi) is 4.52. The van der Waals surface area contributed by atoms with Gasteiger partial charge >= 0.3 is 0 Å². The predicted molar refractivity (Wildman–Crippen MR) is 67.1 cm³/mol. The van der Waals surface area contributed by atoms with Gasteiger partial charge in [-0.15, -0.1) is 0 Å². The second-order valence-electron chi connectivity index (χ2n) is 4.16. The van der Waals surface area contributed by atoms with Crippen LogP contribution in [-0.2, 0) is 0 Å². The van der Waals surface area contributed by atoms with Crippen molar-refractivity contribution in [3.63, 3.8) is 0 Å². The quantitative estimate of drug-likeness (QED) is 0.860. The van der Waals surface area contributed by atoms with Gasteiger partial charge < -0.3 is 11.1 Å². The molecule has 0 aliphatic rings. The fourth-order valence-corrected chi connectivity index (χ4v) is 1.46. The van der Waals surface area contributed by atoms with E-state index in [2.05, 4.69) is 5.32 Å². The minimum Gasteiger partial charge on any atom is -0.366 e. The molecule has 0 fully saturated rings. The lowest BCUT2D eigenvalue weighted by Crippen LogP contribution is -2.27. The van der Waals surface area contributed by atoms with Crippen LogP contribution in [0.25, 0.3) is 0 Å². The van der Waals surface area contributed by atoms with Crippen molar-refractivity contribution in [2.24, 2.45) is 11.7 Å². The summed E-state index contributed by atoms with van der Waals surface area (Å²) in [6, 6.07) is 4.46. The van der Waals surface area contributed by atoms with E-state index < -0.39 is 5.91 Å². The number of primary amides is 1. The molecule has 2 amide bonds. The summed E-state index contributed by atoms with van der Waals surface area (Å²) in [7, 11) is 0. The van der Waals surface area contributed by atoms with Gasteiger partial charge in [0.2, 0.25) is 5.91 Å². The lowest BCUT2D eigenvalue weighted by Gasteiger charge is -2.08. The maximum absolute atomic E-state index is 11.7. The SMILES string of the molecule is CC(C)CNC(=O)c1ccc(Cl)c(C(N)=O)c1. The molecule has 17 heavy (non-hydrogen) atoms. The van der Waals surface area contributed by atoms with Crippen LogP contribution in [0.15, 0.2) is 18.2 Å². The zero-order valence-corrected chi connectivity index (χ0v) is 10.5. The van der Waals surface area contributed by atoms with Crippen molar-refractivity contribution in [2.45, 2.75) is 13.8 Å². The summed E-state index contributed by atoms with van der Waals surface area (Å²) in [5.74, 6) is -0.520. The van der Waals surface area contributed by atoms with Crippen LogP contribution in [-0.4, -0.2) is 18.4 Å². The van der Waals surface area contributed by atoms with Crippen molar-refractivity contribution >= 4 is 23.4 Å². The van der Waals surface area contributed by atoms with Crippen molar-refractivity contribution in [3.05, 3.63) is 34.3 Å². The number of hydrogen-bond acceptors (Lipinski definition) is 2. The van der Waals surface area contributed by atoms with Crippen molar-refractivity contribution in [1.29, 1.82) is 0 Å². The third-order valence-electron chi connectivity index (χ3n) is 2.16. The first-order valence-electron chi connectivity index (χ1n) is 5.29. The molecule has 0 aromatic heterocycles. The van der Waals surface area contributed by atoms with Gasteiger partial charge in [-0.1, -0.05) is 25.4 Å². The topological polar surface area (TPSA) is 72.2 Å². The van der Waals surface area contributed by atoms with Crippen molar-refractivity contribution in [3.8, 4) is 0 Å². The highest BCUT2D eigenvalue weighted by Crippen LogP contribution is 2.17. The third kappa shape index (κ3) is 3.75. The molecular formula is C12H15ClN2O2. The van der Waals surface area contributed by atoms with Crippen LogP contribution in [0.4, 0.5) is 0 Å². The molecule has 1 aromatic carbocycles. The highest BCUT2D eigenvalue weighted by Gasteiger charge is 2.12. The smallest absolute Gasteiger partial charge is 0.251 e. The Morgan fingerprint density at radius 2 is 2.06 bits per heavy atom. The standard InChI is InChI=1S/C12H15ClN2O2/c1-7(2)6-15-12(17)8-3-4-10(13)9(5-8)11(14)16/h3-5,7H,6H2,1-2H3,(H2,14,16)(H,15,17). The summed E-state index contributed by atoms with van der Waals surface area (Å²) in [6.45, 7) is 4.57. The first kappa shape index (κ1) is 13.5. The molecule has 0 saturated carbocycles. The van der Waals surface area contributed by atoms with Crippen LogP contribution in [0, 0.1) is 5.92 Å². The van der Waals surface area contributed by atoms with Crippen molar-refractivity contribution in [2.75, 3.05) is 6.54 Å². The Hall–Kier alpha value is -1.55. The number of benzene rings is 1. The van der Waals surface area contributed by atoms with E-state index in [9.17, 15) is 9.59 Å². The third-order valence-corrected chi connectivity index (χ3v) is 2.49. The molecule has 3 N–H and O–H groups in total. The first-order chi connectivity index (χ1) is 7.91. The minimum atomic E-state index is -0.645. The normalized spacial score (nSPS) is 10.4. The number of nitrogens with two attached hydrogens (primary N) is 1. The Bertz CT molecular complexity index is 444. The van der Waals surface area contributed by atoms with Gasteiger partial charge in [-0.3, -0.25) is 9.59 Å². The molecule has 1 rings (SSSR count). The molecule has 0 spiro atoms. The maximum Gasteiger partial charge on any atom is 0.251 e.